The van der Waals surface area contributed by atoms with Gasteiger partial charge in [-0.15, -0.1) is 0 Å². The third-order valence-electron chi connectivity index (χ3n) is 5.17. The maximum Gasteiger partial charge on any atom is 0.316 e. The fourth-order valence-corrected chi connectivity index (χ4v) is 3.86. The fourth-order valence-electron chi connectivity index (χ4n) is 3.65. The molecule has 0 radical (unpaired) electrons. The lowest BCUT2D eigenvalue weighted by Crippen LogP contribution is -2.45. The van der Waals surface area contributed by atoms with Crippen LogP contribution in [-0.2, 0) is 6.54 Å². The molecular weight excluding hydrogens is 450 g/mol. The van der Waals surface area contributed by atoms with E-state index in [4.69, 9.17) is 4.74 Å². The van der Waals surface area contributed by atoms with Crippen molar-refractivity contribution in [1.82, 2.24) is 24.4 Å². The van der Waals surface area contributed by atoms with Crippen LogP contribution in [-0.4, -0.2) is 49.5 Å². The van der Waals surface area contributed by atoms with Crippen LogP contribution in [0.3, 0.4) is 0 Å². The topological polar surface area (TPSA) is 90.2 Å². The summed E-state index contributed by atoms with van der Waals surface area (Å²) in [6.07, 6.45) is 6.22. The van der Waals surface area contributed by atoms with Gasteiger partial charge < -0.3 is 14.2 Å². The zero-order valence-corrected chi connectivity index (χ0v) is 18.4. The minimum Gasteiger partial charge on any atom is -0.458 e. The number of hydrogen-bond donors (Lipinski definition) is 0. The third-order valence-corrected chi connectivity index (χ3v) is 5.58. The summed E-state index contributed by atoms with van der Waals surface area (Å²) in [7, 11) is 0. The summed E-state index contributed by atoms with van der Waals surface area (Å²) in [4.78, 5) is 40.7. The Hall–Kier alpha value is -2.81. The van der Waals surface area contributed by atoms with Crippen LogP contribution in [0.15, 0.2) is 40.0 Å². The van der Waals surface area contributed by atoms with Gasteiger partial charge in [0.2, 0.25) is 5.43 Å². The number of ether oxygens (including phenoxy) is 1. The summed E-state index contributed by atoms with van der Waals surface area (Å²) < 4.78 is 8.47. The van der Waals surface area contributed by atoms with Crippen molar-refractivity contribution < 1.29 is 9.53 Å². The number of fused-ring (bicyclic) bond motifs is 1. The molecule has 1 saturated heterocycles. The van der Waals surface area contributed by atoms with Gasteiger partial charge >= 0.3 is 6.01 Å². The number of carbonyl (C=O) groups is 1. The number of aromatic nitrogens is 4. The first-order chi connectivity index (χ1) is 14.5. The summed E-state index contributed by atoms with van der Waals surface area (Å²) in [5.41, 5.74) is 1.31. The number of piperidine rings is 1. The molecule has 1 atom stereocenters. The highest BCUT2D eigenvalue weighted by atomic mass is 79.9. The van der Waals surface area contributed by atoms with Crippen molar-refractivity contribution in [1.29, 1.82) is 0 Å². The largest absolute Gasteiger partial charge is 0.458 e. The first kappa shape index (κ1) is 20.5. The van der Waals surface area contributed by atoms with E-state index in [0.29, 0.717) is 30.7 Å². The predicted molar refractivity (Wildman–Crippen MR) is 116 cm³/mol. The van der Waals surface area contributed by atoms with E-state index in [1.54, 1.807) is 35.6 Å². The van der Waals surface area contributed by atoms with Crippen molar-refractivity contribution in [2.75, 3.05) is 13.1 Å². The molecule has 0 aliphatic carbocycles. The van der Waals surface area contributed by atoms with Gasteiger partial charge in [0.1, 0.15) is 17.3 Å². The molecule has 1 amide bonds. The molecule has 9 heteroatoms. The zero-order chi connectivity index (χ0) is 21.3. The zero-order valence-electron chi connectivity index (χ0n) is 16.8. The number of nitrogens with zero attached hydrogens (tertiary/aromatic N) is 5. The highest BCUT2D eigenvalue weighted by molar-refractivity contribution is 9.10. The number of halogens is 1. The Morgan fingerprint density at radius 3 is 2.80 bits per heavy atom. The van der Waals surface area contributed by atoms with Gasteiger partial charge in [0.05, 0.1) is 16.4 Å². The Morgan fingerprint density at radius 1 is 1.30 bits per heavy atom. The van der Waals surface area contributed by atoms with Crippen LogP contribution in [0.25, 0.3) is 11.0 Å². The van der Waals surface area contributed by atoms with Crippen molar-refractivity contribution in [3.63, 3.8) is 0 Å². The van der Waals surface area contributed by atoms with Gasteiger partial charge in [0.25, 0.3) is 5.91 Å². The van der Waals surface area contributed by atoms with Gasteiger partial charge in [-0.3, -0.25) is 9.59 Å². The number of carbonyl (C=O) groups excluding carboxylic acids is 1. The molecule has 30 heavy (non-hydrogen) atoms. The second-order valence-corrected chi connectivity index (χ2v) is 8.21. The van der Waals surface area contributed by atoms with Crippen LogP contribution < -0.4 is 10.2 Å². The van der Waals surface area contributed by atoms with Gasteiger partial charge in [-0.25, -0.2) is 15.0 Å². The van der Waals surface area contributed by atoms with E-state index in [1.807, 2.05) is 18.4 Å². The molecule has 1 unspecified atom stereocenters. The molecule has 0 bridgehead atoms. The number of pyridine rings is 2. The first-order valence-electron chi connectivity index (χ1n) is 9.90. The molecule has 1 fully saturated rings. The fraction of sp³-hybridized carbons (Fsp3) is 0.381. The van der Waals surface area contributed by atoms with Crippen molar-refractivity contribution in [2.45, 2.75) is 39.3 Å². The molecule has 1 aliphatic heterocycles. The predicted octanol–water partition coefficient (Wildman–Crippen LogP) is 2.96. The molecule has 0 spiro atoms. The van der Waals surface area contributed by atoms with Gasteiger partial charge in [-0.1, -0.05) is 0 Å². The van der Waals surface area contributed by atoms with Gasteiger partial charge in [-0.05, 0) is 54.8 Å². The monoisotopic (exact) mass is 471 g/mol. The Kier molecular flexibility index (Phi) is 5.80. The molecule has 156 valence electrons. The lowest BCUT2D eigenvalue weighted by atomic mass is 10.1. The standard InChI is InChI=1S/C21H22BrN5O3/c1-3-26-12-17(18(28)16-7-6-13(2)25-19(16)26)20(29)27-8-4-5-15(11-27)30-21-23-9-14(22)10-24-21/h6-7,9-10,12,15H,3-5,8,11H2,1-2H3. The SMILES string of the molecule is CCn1cc(C(=O)N2CCCC(Oc3ncc(Br)cn3)C2)c(=O)c2ccc(C)nc21. The Bertz CT molecular complexity index is 1150. The highest BCUT2D eigenvalue weighted by Crippen LogP contribution is 2.19. The second kappa shape index (κ2) is 8.51. The minimum absolute atomic E-state index is 0.163. The van der Waals surface area contributed by atoms with Crippen LogP contribution in [0, 0.1) is 6.92 Å². The molecular formula is C21H22BrN5O3. The average Bonchev–Trinajstić information content (AvgIpc) is 2.75. The van der Waals surface area contributed by atoms with E-state index >= 15 is 0 Å². The molecule has 0 N–H and O–H groups in total. The van der Waals surface area contributed by atoms with Crippen molar-refractivity contribution in [2.24, 2.45) is 0 Å². The minimum atomic E-state index is -0.286. The summed E-state index contributed by atoms with van der Waals surface area (Å²) in [6.45, 7) is 5.42. The lowest BCUT2D eigenvalue weighted by molar-refractivity contribution is 0.0514. The van der Waals surface area contributed by atoms with Crippen LogP contribution in [0.2, 0.25) is 0 Å². The molecule has 3 aromatic heterocycles. The lowest BCUT2D eigenvalue weighted by Gasteiger charge is -2.32. The summed E-state index contributed by atoms with van der Waals surface area (Å²) in [5.74, 6) is -0.283. The highest BCUT2D eigenvalue weighted by Gasteiger charge is 2.28. The van der Waals surface area contributed by atoms with Crippen molar-refractivity contribution in [3.8, 4) is 6.01 Å². The van der Waals surface area contributed by atoms with E-state index in [0.717, 1.165) is 23.0 Å². The number of likely N-dealkylation sites (tertiary alicyclic amines) is 1. The number of aryl methyl sites for hydroxylation is 2. The Labute approximate surface area is 182 Å². The van der Waals surface area contributed by atoms with Crippen LogP contribution >= 0.6 is 15.9 Å². The molecule has 3 aromatic rings. The summed E-state index contributed by atoms with van der Waals surface area (Å²) >= 11 is 3.30. The molecule has 0 aromatic carbocycles. The number of rotatable bonds is 4. The van der Waals surface area contributed by atoms with E-state index < -0.39 is 0 Å². The quantitative estimate of drug-likeness (QED) is 0.580. The van der Waals surface area contributed by atoms with Crippen molar-refractivity contribution >= 4 is 32.9 Å². The molecule has 8 nitrogen and oxygen atoms in total. The first-order valence-corrected chi connectivity index (χ1v) is 10.7. The average molecular weight is 472 g/mol. The Morgan fingerprint density at radius 2 is 2.07 bits per heavy atom. The van der Waals surface area contributed by atoms with Crippen LogP contribution in [0.1, 0.15) is 35.8 Å². The van der Waals surface area contributed by atoms with Gasteiger partial charge in [0, 0.05) is 37.4 Å². The smallest absolute Gasteiger partial charge is 0.316 e. The van der Waals surface area contributed by atoms with E-state index in [2.05, 4.69) is 30.9 Å². The maximum absolute atomic E-state index is 13.2. The Balaban J connectivity index is 1.60. The van der Waals surface area contributed by atoms with Crippen molar-refractivity contribution in [3.05, 3.63) is 56.7 Å². The summed E-state index contributed by atoms with van der Waals surface area (Å²) in [6, 6.07) is 3.81. The van der Waals surface area contributed by atoms with Gasteiger partial charge in [0.15, 0.2) is 0 Å². The second-order valence-electron chi connectivity index (χ2n) is 7.30. The number of hydrogen-bond acceptors (Lipinski definition) is 6. The van der Waals surface area contributed by atoms with Crippen LogP contribution in [0.4, 0.5) is 0 Å². The third kappa shape index (κ3) is 4.07. The van der Waals surface area contributed by atoms with E-state index in [1.165, 1.54) is 0 Å². The molecule has 4 heterocycles. The summed E-state index contributed by atoms with van der Waals surface area (Å²) in [5, 5.41) is 0.460. The normalized spacial score (nSPS) is 16.6. The molecule has 4 rings (SSSR count). The molecule has 1 aliphatic rings. The molecule has 0 saturated carbocycles. The van der Waals surface area contributed by atoms with E-state index in [-0.39, 0.29) is 29.0 Å². The van der Waals surface area contributed by atoms with E-state index in [9.17, 15) is 9.59 Å². The maximum atomic E-state index is 13.2. The van der Waals surface area contributed by atoms with Crippen LogP contribution in [0.5, 0.6) is 6.01 Å². The number of amides is 1. The van der Waals surface area contributed by atoms with Gasteiger partial charge in [-0.2, -0.15) is 0 Å².